The lowest BCUT2D eigenvalue weighted by Crippen LogP contribution is -2.44. The molecular formula is C20H33IN4O. The maximum atomic E-state index is 11.7. The number of guanidine groups is 1. The van der Waals surface area contributed by atoms with Gasteiger partial charge in [0.1, 0.15) is 0 Å². The lowest BCUT2D eigenvalue weighted by Gasteiger charge is -2.20. The van der Waals surface area contributed by atoms with Crippen LogP contribution < -0.4 is 10.6 Å². The number of rotatable bonds is 7. The molecule has 0 bridgehead atoms. The summed E-state index contributed by atoms with van der Waals surface area (Å²) in [6, 6.07) is 8.79. The lowest BCUT2D eigenvalue weighted by atomic mass is 10.1. The molecule has 1 amide bonds. The molecule has 0 radical (unpaired) electrons. The van der Waals surface area contributed by atoms with Crippen molar-refractivity contribution in [1.82, 2.24) is 15.5 Å². The van der Waals surface area contributed by atoms with Gasteiger partial charge >= 0.3 is 0 Å². The van der Waals surface area contributed by atoms with E-state index in [0.29, 0.717) is 24.9 Å². The Morgan fingerprint density at radius 2 is 1.85 bits per heavy atom. The summed E-state index contributed by atoms with van der Waals surface area (Å²) in [6.07, 6.45) is 1.68. The summed E-state index contributed by atoms with van der Waals surface area (Å²) in [5.41, 5.74) is 2.35. The Morgan fingerprint density at radius 1 is 1.19 bits per heavy atom. The average Bonchev–Trinajstić information content (AvgIpc) is 2.99. The molecule has 6 heteroatoms. The van der Waals surface area contributed by atoms with Gasteiger partial charge in [-0.2, -0.15) is 0 Å². The van der Waals surface area contributed by atoms with Crippen molar-refractivity contribution < 1.29 is 4.79 Å². The molecular weight excluding hydrogens is 439 g/mol. The van der Waals surface area contributed by atoms with Gasteiger partial charge in [0.25, 0.3) is 0 Å². The normalized spacial score (nSPS) is 15.8. The fourth-order valence-corrected chi connectivity index (χ4v) is 2.71. The van der Waals surface area contributed by atoms with Gasteiger partial charge < -0.3 is 15.5 Å². The summed E-state index contributed by atoms with van der Waals surface area (Å²) in [5, 5.41) is 6.74. The van der Waals surface area contributed by atoms with Crippen LogP contribution in [0, 0.1) is 5.92 Å². The summed E-state index contributed by atoms with van der Waals surface area (Å²) in [4.78, 5) is 18.3. The highest BCUT2D eigenvalue weighted by Crippen LogP contribution is 2.15. The van der Waals surface area contributed by atoms with Crippen LogP contribution in [-0.4, -0.2) is 35.9 Å². The van der Waals surface area contributed by atoms with Crippen LogP contribution in [0.2, 0.25) is 0 Å². The Hall–Kier alpha value is -1.31. The second-order valence-corrected chi connectivity index (χ2v) is 7.11. The highest BCUT2D eigenvalue weighted by Gasteiger charge is 2.19. The fourth-order valence-electron chi connectivity index (χ4n) is 2.71. The first kappa shape index (κ1) is 22.7. The van der Waals surface area contributed by atoms with Crippen LogP contribution in [0.5, 0.6) is 0 Å². The molecule has 1 unspecified atom stereocenters. The first-order chi connectivity index (χ1) is 12.0. The minimum Gasteiger partial charge on any atom is -0.357 e. The van der Waals surface area contributed by atoms with Crippen LogP contribution in [0.1, 0.15) is 51.7 Å². The van der Waals surface area contributed by atoms with Gasteiger partial charge in [-0.3, -0.25) is 4.79 Å². The van der Waals surface area contributed by atoms with Crippen molar-refractivity contribution in [2.75, 3.05) is 13.1 Å². The van der Waals surface area contributed by atoms with Crippen LogP contribution in [0.3, 0.4) is 0 Å². The van der Waals surface area contributed by atoms with Gasteiger partial charge in [0.15, 0.2) is 5.96 Å². The van der Waals surface area contributed by atoms with E-state index in [1.165, 1.54) is 11.1 Å². The monoisotopic (exact) mass is 472 g/mol. The van der Waals surface area contributed by atoms with Gasteiger partial charge in [-0.15, -0.1) is 24.0 Å². The Morgan fingerprint density at radius 3 is 2.38 bits per heavy atom. The SMILES string of the molecule is CCNC(=NCc1ccc(CN2CCCC2=O)cc1)NC(C)C(C)C.I. The van der Waals surface area contributed by atoms with Crippen LogP contribution in [0.4, 0.5) is 0 Å². The highest BCUT2D eigenvalue weighted by atomic mass is 127. The smallest absolute Gasteiger partial charge is 0.222 e. The van der Waals surface area contributed by atoms with E-state index in [9.17, 15) is 4.79 Å². The molecule has 0 saturated carbocycles. The quantitative estimate of drug-likeness (QED) is 0.363. The van der Waals surface area contributed by atoms with E-state index in [1.807, 2.05) is 4.90 Å². The molecule has 2 N–H and O–H groups in total. The Bertz CT molecular complexity index is 586. The molecule has 0 spiro atoms. The Labute approximate surface area is 175 Å². The fraction of sp³-hybridized carbons (Fsp3) is 0.600. The average molecular weight is 472 g/mol. The number of carbonyl (C=O) groups excluding carboxylic acids is 1. The summed E-state index contributed by atoms with van der Waals surface area (Å²) in [7, 11) is 0. The molecule has 1 aliphatic heterocycles. The van der Waals surface area contributed by atoms with Gasteiger partial charge in [0.05, 0.1) is 6.54 Å². The number of hydrogen-bond acceptors (Lipinski definition) is 2. The van der Waals surface area contributed by atoms with Gasteiger partial charge in [-0.1, -0.05) is 38.1 Å². The molecule has 0 aromatic heterocycles. The van der Waals surface area contributed by atoms with Crippen LogP contribution in [-0.2, 0) is 17.9 Å². The van der Waals surface area contributed by atoms with Crippen molar-refractivity contribution in [2.24, 2.45) is 10.9 Å². The van der Waals surface area contributed by atoms with Crippen molar-refractivity contribution >= 4 is 35.8 Å². The van der Waals surface area contributed by atoms with E-state index < -0.39 is 0 Å². The highest BCUT2D eigenvalue weighted by molar-refractivity contribution is 14.0. The summed E-state index contributed by atoms with van der Waals surface area (Å²) in [6.45, 7) is 11.7. The van der Waals surface area contributed by atoms with E-state index >= 15 is 0 Å². The van der Waals surface area contributed by atoms with Gasteiger partial charge in [0, 0.05) is 32.1 Å². The standard InChI is InChI=1S/C20H32N4O.HI/c1-5-21-20(23-16(4)15(2)3)22-13-17-8-10-18(11-9-17)14-24-12-6-7-19(24)25;/h8-11,15-16H,5-7,12-14H2,1-4H3,(H2,21,22,23);1H. The largest absolute Gasteiger partial charge is 0.357 e. The lowest BCUT2D eigenvalue weighted by molar-refractivity contribution is -0.128. The molecule has 1 aromatic rings. The zero-order valence-corrected chi connectivity index (χ0v) is 18.7. The number of carbonyl (C=O) groups is 1. The number of hydrogen-bond donors (Lipinski definition) is 2. The molecule has 146 valence electrons. The van der Waals surface area contributed by atoms with E-state index in [0.717, 1.165) is 32.0 Å². The van der Waals surface area contributed by atoms with Crippen molar-refractivity contribution in [1.29, 1.82) is 0 Å². The molecule has 1 aromatic carbocycles. The molecule has 2 rings (SSSR count). The minimum atomic E-state index is 0. The molecule has 0 aliphatic carbocycles. The van der Waals surface area contributed by atoms with Crippen LogP contribution in [0.15, 0.2) is 29.3 Å². The number of aliphatic imine (C=N–C) groups is 1. The molecule has 1 saturated heterocycles. The van der Waals surface area contributed by atoms with Crippen LogP contribution >= 0.6 is 24.0 Å². The zero-order chi connectivity index (χ0) is 18.2. The third kappa shape index (κ3) is 7.13. The molecule has 1 atom stereocenters. The zero-order valence-electron chi connectivity index (χ0n) is 16.4. The van der Waals surface area contributed by atoms with Gasteiger partial charge in [0.2, 0.25) is 5.91 Å². The molecule has 1 aliphatic rings. The van der Waals surface area contributed by atoms with Gasteiger partial charge in [-0.05, 0) is 37.3 Å². The topological polar surface area (TPSA) is 56.7 Å². The number of amides is 1. The van der Waals surface area contributed by atoms with E-state index in [-0.39, 0.29) is 29.9 Å². The maximum Gasteiger partial charge on any atom is 0.222 e. The predicted molar refractivity (Wildman–Crippen MR) is 119 cm³/mol. The third-order valence-corrected chi connectivity index (χ3v) is 4.70. The van der Waals surface area contributed by atoms with E-state index in [1.54, 1.807) is 0 Å². The second-order valence-electron chi connectivity index (χ2n) is 7.11. The van der Waals surface area contributed by atoms with E-state index in [4.69, 9.17) is 0 Å². The van der Waals surface area contributed by atoms with Crippen molar-refractivity contribution in [3.05, 3.63) is 35.4 Å². The first-order valence-corrected chi connectivity index (χ1v) is 9.40. The summed E-state index contributed by atoms with van der Waals surface area (Å²) >= 11 is 0. The Balaban J connectivity index is 0.00000338. The molecule has 1 fully saturated rings. The third-order valence-electron chi connectivity index (χ3n) is 4.70. The van der Waals surface area contributed by atoms with Crippen molar-refractivity contribution in [3.8, 4) is 0 Å². The van der Waals surface area contributed by atoms with E-state index in [2.05, 4.69) is 67.6 Å². The number of benzene rings is 1. The predicted octanol–water partition coefficient (Wildman–Crippen LogP) is 3.53. The minimum absolute atomic E-state index is 0. The van der Waals surface area contributed by atoms with Crippen molar-refractivity contribution in [3.63, 3.8) is 0 Å². The van der Waals surface area contributed by atoms with Crippen LogP contribution in [0.25, 0.3) is 0 Å². The number of nitrogens with zero attached hydrogens (tertiary/aromatic N) is 2. The van der Waals surface area contributed by atoms with Crippen molar-refractivity contribution in [2.45, 2.75) is 59.7 Å². The number of nitrogens with one attached hydrogen (secondary N) is 2. The first-order valence-electron chi connectivity index (χ1n) is 9.40. The molecule has 26 heavy (non-hydrogen) atoms. The summed E-state index contributed by atoms with van der Waals surface area (Å²) in [5.74, 6) is 1.68. The molecule has 5 nitrogen and oxygen atoms in total. The maximum absolute atomic E-state index is 11.7. The molecule has 1 heterocycles. The van der Waals surface area contributed by atoms with Gasteiger partial charge in [-0.25, -0.2) is 4.99 Å². The number of halogens is 1. The Kier molecular flexibility index (Phi) is 9.98. The number of likely N-dealkylation sites (tertiary alicyclic amines) is 1. The second kappa shape index (κ2) is 11.4. The summed E-state index contributed by atoms with van der Waals surface area (Å²) < 4.78 is 0.